The summed E-state index contributed by atoms with van der Waals surface area (Å²) in [5.41, 5.74) is 16.3. The Morgan fingerprint density at radius 1 is 0.889 bits per heavy atom. The molecule has 206 valence electrons. The Bertz CT molecular complexity index is 791. The normalized spacial score (nSPS) is 14.1. The minimum absolute atomic E-state index is 0.0435. The van der Waals surface area contributed by atoms with Gasteiger partial charge in [-0.25, -0.2) is 4.79 Å². The van der Waals surface area contributed by atoms with Gasteiger partial charge in [0.05, 0.1) is 6.04 Å². The fourth-order valence-corrected chi connectivity index (χ4v) is 3.49. The third-order valence-electron chi connectivity index (χ3n) is 5.06. The fraction of sp³-hybridized carbons (Fsp3) is 0.714. The molecule has 0 aromatic rings. The van der Waals surface area contributed by atoms with E-state index in [4.69, 9.17) is 22.3 Å². The van der Waals surface area contributed by atoms with E-state index in [-0.39, 0.29) is 31.8 Å². The van der Waals surface area contributed by atoms with Gasteiger partial charge < -0.3 is 43.4 Å². The number of nitrogens with two attached hydrogens (primary N) is 3. The maximum Gasteiger partial charge on any atom is 0.326 e. The van der Waals surface area contributed by atoms with Crippen molar-refractivity contribution in [2.24, 2.45) is 28.1 Å². The number of aliphatic carboxylic acids is 2. The van der Waals surface area contributed by atoms with Crippen LogP contribution in [0.25, 0.3) is 0 Å². The van der Waals surface area contributed by atoms with Crippen molar-refractivity contribution in [2.75, 3.05) is 18.6 Å². The van der Waals surface area contributed by atoms with Gasteiger partial charge in [-0.3, -0.25) is 24.2 Å². The van der Waals surface area contributed by atoms with Crippen molar-refractivity contribution in [1.82, 2.24) is 16.0 Å². The standard InChI is InChI=1S/C21H39N7O7S/c1-11(2)16(19(33)27-14(20(34)35)5-4-9-25-21(23)24)28-18(32)13(6-7-15(29)30)26-17(31)12(22)8-10-36-3/h11-14,16H,4-10,22H2,1-3H3,(H,26,31)(H,27,33)(H,28,32)(H,29,30)(H,34,35)(H4,23,24,25). The van der Waals surface area contributed by atoms with Crippen LogP contribution < -0.4 is 33.2 Å². The number of aliphatic imine (C=N–C) groups is 1. The Hall–Kier alpha value is -3.07. The molecule has 4 atom stereocenters. The van der Waals surface area contributed by atoms with Gasteiger partial charge in [-0.2, -0.15) is 11.8 Å². The first-order chi connectivity index (χ1) is 16.8. The quantitative estimate of drug-likeness (QED) is 0.0553. The molecule has 0 aliphatic rings. The van der Waals surface area contributed by atoms with E-state index < -0.39 is 66.2 Å². The van der Waals surface area contributed by atoms with Crippen molar-refractivity contribution in [3.63, 3.8) is 0 Å². The second kappa shape index (κ2) is 17.4. The second-order valence-corrected chi connectivity index (χ2v) is 9.45. The Morgan fingerprint density at radius 3 is 2.00 bits per heavy atom. The molecule has 0 fully saturated rings. The maximum atomic E-state index is 12.9. The van der Waals surface area contributed by atoms with Crippen LogP contribution in [0.4, 0.5) is 0 Å². The lowest BCUT2D eigenvalue weighted by Crippen LogP contribution is -2.58. The van der Waals surface area contributed by atoms with Gasteiger partial charge in [0.25, 0.3) is 0 Å². The van der Waals surface area contributed by atoms with E-state index in [1.165, 1.54) is 11.8 Å². The molecule has 4 unspecified atom stereocenters. The lowest BCUT2D eigenvalue weighted by atomic mass is 10.0. The summed E-state index contributed by atoms with van der Waals surface area (Å²) in [6.07, 6.45) is 1.90. The monoisotopic (exact) mass is 533 g/mol. The SMILES string of the molecule is CSCCC(N)C(=O)NC(CCC(=O)O)C(=O)NC(C(=O)NC(CCCN=C(N)N)C(=O)O)C(C)C. The summed E-state index contributed by atoms with van der Waals surface area (Å²) in [6.45, 7) is 3.46. The van der Waals surface area contributed by atoms with Crippen LogP contribution in [0, 0.1) is 5.92 Å². The van der Waals surface area contributed by atoms with Crippen LogP contribution >= 0.6 is 11.8 Å². The third-order valence-corrected chi connectivity index (χ3v) is 5.70. The number of rotatable bonds is 18. The Labute approximate surface area is 214 Å². The first-order valence-corrected chi connectivity index (χ1v) is 12.8. The van der Waals surface area contributed by atoms with Crippen molar-refractivity contribution in [1.29, 1.82) is 0 Å². The summed E-state index contributed by atoms with van der Waals surface area (Å²) >= 11 is 1.49. The van der Waals surface area contributed by atoms with Crippen LogP contribution in [0.15, 0.2) is 4.99 Å². The average molecular weight is 534 g/mol. The zero-order chi connectivity index (χ0) is 27.8. The van der Waals surface area contributed by atoms with Gasteiger partial charge in [-0.15, -0.1) is 0 Å². The van der Waals surface area contributed by atoms with Crippen LogP contribution in [0.2, 0.25) is 0 Å². The van der Waals surface area contributed by atoms with Gasteiger partial charge in [0.15, 0.2) is 5.96 Å². The zero-order valence-electron chi connectivity index (χ0n) is 20.9. The molecule has 36 heavy (non-hydrogen) atoms. The number of nitrogens with zero attached hydrogens (tertiary/aromatic N) is 1. The Balaban J connectivity index is 5.40. The fourth-order valence-electron chi connectivity index (χ4n) is 3.00. The number of carbonyl (C=O) groups excluding carboxylic acids is 3. The molecule has 0 rings (SSSR count). The molecule has 0 bridgehead atoms. The molecule has 0 aliphatic carbocycles. The molecule has 3 amide bonds. The van der Waals surface area contributed by atoms with E-state index in [2.05, 4.69) is 20.9 Å². The van der Waals surface area contributed by atoms with E-state index in [0.717, 1.165) is 0 Å². The highest BCUT2D eigenvalue weighted by molar-refractivity contribution is 7.98. The molecule has 11 N–H and O–H groups in total. The van der Waals surface area contributed by atoms with Gasteiger partial charge in [-0.1, -0.05) is 13.8 Å². The molecule has 15 heteroatoms. The third kappa shape index (κ3) is 13.7. The number of hydrogen-bond acceptors (Lipinski definition) is 8. The van der Waals surface area contributed by atoms with E-state index >= 15 is 0 Å². The van der Waals surface area contributed by atoms with Crippen molar-refractivity contribution >= 4 is 47.4 Å². The van der Waals surface area contributed by atoms with E-state index in [1.807, 2.05) is 6.26 Å². The number of guanidine groups is 1. The average Bonchev–Trinajstić information content (AvgIpc) is 2.79. The molecule has 0 aromatic carbocycles. The zero-order valence-corrected chi connectivity index (χ0v) is 21.7. The predicted octanol–water partition coefficient (Wildman–Crippen LogP) is -1.82. The lowest BCUT2D eigenvalue weighted by molar-refractivity contribution is -0.142. The van der Waals surface area contributed by atoms with Crippen LogP contribution in [0.3, 0.4) is 0 Å². The van der Waals surface area contributed by atoms with Crippen molar-refractivity contribution < 1.29 is 34.2 Å². The largest absolute Gasteiger partial charge is 0.481 e. The number of nitrogens with one attached hydrogen (secondary N) is 3. The lowest BCUT2D eigenvalue weighted by Gasteiger charge is -2.27. The van der Waals surface area contributed by atoms with Crippen molar-refractivity contribution in [3.05, 3.63) is 0 Å². The molecule has 14 nitrogen and oxygen atoms in total. The molecule has 0 aromatic heterocycles. The predicted molar refractivity (Wildman–Crippen MR) is 136 cm³/mol. The number of amides is 3. The highest BCUT2D eigenvalue weighted by atomic mass is 32.2. The molecular weight excluding hydrogens is 494 g/mol. The Kier molecular flexibility index (Phi) is 15.9. The van der Waals surface area contributed by atoms with Crippen LogP contribution in [0.5, 0.6) is 0 Å². The summed E-state index contributed by atoms with van der Waals surface area (Å²) in [4.78, 5) is 64.6. The highest BCUT2D eigenvalue weighted by Gasteiger charge is 2.32. The summed E-state index contributed by atoms with van der Waals surface area (Å²) in [7, 11) is 0. The number of carboxylic acids is 2. The first kappa shape index (κ1) is 32.9. The van der Waals surface area contributed by atoms with E-state index in [0.29, 0.717) is 12.2 Å². The smallest absolute Gasteiger partial charge is 0.326 e. The topological polar surface area (TPSA) is 252 Å². The molecule has 0 saturated carbocycles. The van der Waals surface area contributed by atoms with Crippen LogP contribution in [-0.2, 0) is 24.0 Å². The highest BCUT2D eigenvalue weighted by Crippen LogP contribution is 2.08. The molecule has 0 spiro atoms. The molecular formula is C21H39N7O7S. The minimum atomic E-state index is -1.27. The number of carboxylic acid groups (broad SMARTS) is 2. The maximum absolute atomic E-state index is 12.9. The van der Waals surface area contributed by atoms with Gasteiger partial charge in [0.2, 0.25) is 17.7 Å². The summed E-state index contributed by atoms with van der Waals surface area (Å²) < 4.78 is 0. The summed E-state index contributed by atoms with van der Waals surface area (Å²) in [5.74, 6) is -4.56. The Morgan fingerprint density at radius 2 is 1.50 bits per heavy atom. The number of carbonyl (C=O) groups is 5. The van der Waals surface area contributed by atoms with Gasteiger partial charge >= 0.3 is 11.9 Å². The number of hydrogen-bond donors (Lipinski definition) is 8. The van der Waals surface area contributed by atoms with Gasteiger partial charge in [-0.05, 0) is 43.6 Å². The van der Waals surface area contributed by atoms with Gasteiger partial charge in [0.1, 0.15) is 18.1 Å². The van der Waals surface area contributed by atoms with E-state index in [9.17, 15) is 29.1 Å². The summed E-state index contributed by atoms with van der Waals surface area (Å²) in [6, 6.07) is -4.54. The van der Waals surface area contributed by atoms with Gasteiger partial charge in [0, 0.05) is 13.0 Å². The molecule has 0 radical (unpaired) electrons. The number of thioether (sulfide) groups is 1. The second-order valence-electron chi connectivity index (χ2n) is 8.46. The van der Waals surface area contributed by atoms with Crippen molar-refractivity contribution in [2.45, 2.75) is 70.1 Å². The first-order valence-electron chi connectivity index (χ1n) is 11.5. The molecule has 0 aliphatic heterocycles. The summed E-state index contributed by atoms with van der Waals surface area (Å²) in [5, 5.41) is 25.8. The molecule has 0 saturated heterocycles. The van der Waals surface area contributed by atoms with Crippen LogP contribution in [0.1, 0.15) is 46.0 Å². The minimum Gasteiger partial charge on any atom is -0.481 e. The van der Waals surface area contributed by atoms with Crippen LogP contribution in [-0.4, -0.2) is 88.6 Å². The molecule has 0 heterocycles. The van der Waals surface area contributed by atoms with E-state index in [1.54, 1.807) is 13.8 Å². The van der Waals surface area contributed by atoms with Crippen molar-refractivity contribution in [3.8, 4) is 0 Å².